The predicted octanol–water partition coefficient (Wildman–Crippen LogP) is 3.90. The van der Waals surface area contributed by atoms with E-state index in [9.17, 15) is 0 Å². The summed E-state index contributed by atoms with van der Waals surface area (Å²) in [7, 11) is 0. The average Bonchev–Trinajstić information content (AvgIpc) is 2.46. The van der Waals surface area contributed by atoms with Crippen LogP contribution < -0.4 is 5.73 Å². The van der Waals surface area contributed by atoms with Gasteiger partial charge in [0.15, 0.2) is 0 Å². The van der Waals surface area contributed by atoms with Crippen LogP contribution in [0.25, 0.3) is 0 Å². The fourth-order valence-corrected chi connectivity index (χ4v) is 4.51. The van der Waals surface area contributed by atoms with Crippen LogP contribution in [0.15, 0.2) is 22.7 Å². The van der Waals surface area contributed by atoms with Gasteiger partial charge in [-0.05, 0) is 68.5 Å². The van der Waals surface area contributed by atoms with Gasteiger partial charge in [-0.2, -0.15) is 0 Å². The summed E-state index contributed by atoms with van der Waals surface area (Å²) in [4.78, 5) is 2.73. The first-order valence-electron chi connectivity index (χ1n) is 8.46. The van der Waals surface area contributed by atoms with Crippen LogP contribution >= 0.6 is 15.9 Å². The van der Waals surface area contributed by atoms with Crippen molar-refractivity contribution in [3.63, 3.8) is 0 Å². The highest BCUT2D eigenvalue weighted by Crippen LogP contribution is 2.35. The summed E-state index contributed by atoms with van der Waals surface area (Å²) in [6, 6.07) is 6.77. The molecule has 0 bridgehead atoms. The third-order valence-electron chi connectivity index (χ3n) is 5.45. The summed E-state index contributed by atoms with van der Waals surface area (Å²) in [5.41, 5.74) is 9.53. The molecule has 1 heterocycles. The highest BCUT2D eigenvalue weighted by atomic mass is 79.9. The Morgan fingerprint density at radius 3 is 2.48 bits per heavy atom. The van der Waals surface area contributed by atoms with Gasteiger partial charge in [-0.15, -0.1) is 0 Å². The number of halogens is 1. The molecular formula is C18H27BrN2. The van der Waals surface area contributed by atoms with Crippen LogP contribution in [-0.2, 0) is 12.8 Å². The molecule has 1 aromatic rings. The van der Waals surface area contributed by atoms with Crippen molar-refractivity contribution in [3.8, 4) is 0 Å². The Morgan fingerprint density at radius 2 is 1.76 bits per heavy atom. The number of aryl methyl sites for hydroxylation is 1. The molecule has 1 aromatic carbocycles. The zero-order valence-corrected chi connectivity index (χ0v) is 14.5. The van der Waals surface area contributed by atoms with Crippen LogP contribution in [0, 0.1) is 0 Å². The zero-order valence-electron chi connectivity index (χ0n) is 12.9. The third kappa shape index (κ3) is 3.35. The van der Waals surface area contributed by atoms with E-state index in [-0.39, 0.29) is 5.54 Å². The molecule has 1 aliphatic carbocycles. The molecule has 0 amide bonds. The van der Waals surface area contributed by atoms with E-state index < -0.39 is 0 Å². The number of benzene rings is 1. The summed E-state index contributed by atoms with van der Waals surface area (Å²) in [5.74, 6) is 0. The minimum absolute atomic E-state index is 0.207. The number of nitrogens with two attached hydrogens (primary N) is 1. The third-order valence-corrected chi connectivity index (χ3v) is 5.95. The lowest BCUT2D eigenvalue weighted by Crippen LogP contribution is -2.57. The number of hydrogen-bond acceptors (Lipinski definition) is 2. The highest BCUT2D eigenvalue weighted by molar-refractivity contribution is 9.10. The van der Waals surface area contributed by atoms with Crippen LogP contribution in [0.3, 0.4) is 0 Å². The monoisotopic (exact) mass is 350 g/mol. The second kappa shape index (κ2) is 6.80. The van der Waals surface area contributed by atoms with Gasteiger partial charge >= 0.3 is 0 Å². The van der Waals surface area contributed by atoms with E-state index in [1.54, 1.807) is 0 Å². The Kier molecular flexibility index (Phi) is 5.03. The number of rotatable bonds is 2. The smallest absolute Gasteiger partial charge is 0.0375 e. The average molecular weight is 351 g/mol. The fraction of sp³-hybridized carbons (Fsp3) is 0.667. The topological polar surface area (TPSA) is 29.3 Å². The SMILES string of the molecule is NCC1(N2CCCCCCC2)CCc2cc(Br)ccc2C1. The second-order valence-electron chi connectivity index (χ2n) is 6.77. The molecule has 3 heteroatoms. The zero-order chi connectivity index (χ0) is 14.7. The van der Waals surface area contributed by atoms with Crippen molar-refractivity contribution < 1.29 is 0 Å². The van der Waals surface area contributed by atoms with E-state index in [2.05, 4.69) is 39.0 Å². The predicted molar refractivity (Wildman–Crippen MR) is 92.6 cm³/mol. The summed E-state index contributed by atoms with van der Waals surface area (Å²) in [6.45, 7) is 3.27. The largest absolute Gasteiger partial charge is 0.329 e. The molecule has 1 atom stereocenters. The fourth-order valence-electron chi connectivity index (χ4n) is 4.10. The molecule has 0 radical (unpaired) electrons. The minimum Gasteiger partial charge on any atom is -0.329 e. The summed E-state index contributed by atoms with van der Waals surface area (Å²) in [5, 5.41) is 0. The van der Waals surface area contributed by atoms with E-state index in [4.69, 9.17) is 5.73 Å². The normalized spacial score (nSPS) is 27.7. The maximum Gasteiger partial charge on any atom is 0.0375 e. The van der Waals surface area contributed by atoms with Gasteiger partial charge in [0.2, 0.25) is 0 Å². The van der Waals surface area contributed by atoms with Crippen molar-refractivity contribution >= 4 is 15.9 Å². The number of hydrogen-bond donors (Lipinski definition) is 1. The lowest BCUT2D eigenvalue weighted by molar-refractivity contribution is 0.0703. The van der Waals surface area contributed by atoms with Crippen molar-refractivity contribution in [1.29, 1.82) is 0 Å². The minimum atomic E-state index is 0.207. The van der Waals surface area contributed by atoms with E-state index in [0.717, 1.165) is 13.0 Å². The van der Waals surface area contributed by atoms with Gasteiger partial charge in [0, 0.05) is 16.6 Å². The standard InChI is InChI=1S/C18H27BrN2/c19-17-7-6-16-13-18(14-20,9-8-15(16)12-17)21-10-4-2-1-3-5-11-21/h6-7,12H,1-5,8-11,13-14,20H2. The van der Waals surface area contributed by atoms with Gasteiger partial charge in [0.25, 0.3) is 0 Å². The van der Waals surface area contributed by atoms with E-state index in [1.165, 1.54) is 73.6 Å². The molecule has 116 valence electrons. The first-order chi connectivity index (χ1) is 10.2. The van der Waals surface area contributed by atoms with Crippen LogP contribution in [0.2, 0.25) is 0 Å². The van der Waals surface area contributed by atoms with Crippen molar-refractivity contribution in [1.82, 2.24) is 4.90 Å². The Hall–Kier alpha value is -0.380. The molecule has 0 spiro atoms. The van der Waals surface area contributed by atoms with Crippen molar-refractivity contribution in [3.05, 3.63) is 33.8 Å². The molecular weight excluding hydrogens is 324 g/mol. The van der Waals surface area contributed by atoms with E-state index in [1.807, 2.05) is 0 Å². The molecule has 2 nitrogen and oxygen atoms in total. The van der Waals surface area contributed by atoms with Crippen LogP contribution in [0.4, 0.5) is 0 Å². The molecule has 2 aliphatic rings. The molecule has 1 fully saturated rings. The van der Waals surface area contributed by atoms with Crippen molar-refractivity contribution in [2.75, 3.05) is 19.6 Å². The first kappa shape index (κ1) is 15.5. The van der Waals surface area contributed by atoms with E-state index >= 15 is 0 Å². The summed E-state index contributed by atoms with van der Waals surface area (Å²) in [6.07, 6.45) is 10.4. The first-order valence-corrected chi connectivity index (χ1v) is 9.25. The van der Waals surface area contributed by atoms with Gasteiger partial charge in [-0.25, -0.2) is 0 Å². The molecule has 1 saturated heterocycles. The number of fused-ring (bicyclic) bond motifs is 1. The number of nitrogens with zero attached hydrogens (tertiary/aromatic N) is 1. The quantitative estimate of drug-likeness (QED) is 0.876. The Morgan fingerprint density at radius 1 is 1.05 bits per heavy atom. The van der Waals surface area contributed by atoms with Crippen LogP contribution in [0.5, 0.6) is 0 Å². The van der Waals surface area contributed by atoms with Gasteiger partial charge in [-0.3, -0.25) is 4.90 Å². The van der Waals surface area contributed by atoms with Crippen molar-refractivity contribution in [2.45, 2.75) is 56.9 Å². The van der Waals surface area contributed by atoms with Crippen LogP contribution in [0.1, 0.15) is 49.7 Å². The Labute approximate surface area is 137 Å². The maximum atomic E-state index is 6.30. The van der Waals surface area contributed by atoms with Gasteiger partial charge in [0.05, 0.1) is 0 Å². The lowest BCUT2D eigenvalue weighted by Gasteiger charge is -2.47. The van der Waals surface area contributed by atoms with Gasteiger partial charge in [0.1, 0.15) is 0 Å². The Bertz CT molecular complexity index is 480. The molecule has 0 aromatic heterocycles. The molecule has 1 aliphatic heterocycles. The molecule has 3 rings (SSSR count). The molecule has 0 saturated carbocycles. The summed E-state index contributed by atoms with van der Waals surface area (Å²) >= 11 is 3.60. The molecule has 1 unspecified atom stereocenters. The van der Waals surface area contributed by atoms with Gasteiger partial charge in [-0.1, -0.05) is 41.3 Å². The van der Waals surface area contributed by atoms with Gasteiger partial charge < -0.3 is 5.73 Å². The van der Waals surface area contributed by atoms with Crippen LogP contribution in [-0.4, -0.2) is 30.1 Å². The number of likely N-dealkylation sites (tertiary alicyclic amines) is 1. The summed E-state index contributed by atoms with van der Waals surface area (Å²) < 4.78 is 1.20. The highest BCUT2D eigenvalue weighted by Gasteiger charge is 2.38. The maximum absolute atomic E-state index is 6.30. The molecule has 21 heavy (non-hydrogen) atoms. The van der Waals surface area contributed by atoms with E-state index in [0.29, 0.717) is 0 Å². The Balaban J connectivity index is 1.82. The second-order valence-corrected chi connectivity index (χ2v) is 7.69. The van der Waals surface area contributed by atoms with Crippen molar-refractivity contribution in [2.24, 2.45) is 5.73 Å². The molecule has 2 N–H and O–H groups in total. The lowest BCUT2D eigenvalue weighted by atomic mass is 9.76.